The van der Waals surface area contributed by atoms with Gasteiger partial charge in [-0.2, -0.15) is 0 Å². The summed E-state index contributed by atoms with van der Waals surface area (Å²) in [6.45, 7) is 9.76. The van der Waals surface area contributed by atoms with Gasteiger partial charge in [-0.3, -0.25) is 4.79 Å². The predicted octanol–water partition coefficient (Wildman–Crippen LogP) is 1.72. The molecule has 1 aliphatic heterocycles. The molecule has 0 unspecified atom stereocenters. The quantitative estimate of drug-likeness (QED) is 0.882. The highest BCUT2D eigenvalue weighted by Crippen LogP contribution is 2.17. The van der Waals surface area contributed by atoms with Crippen molar-refractivity contribution in [2.24, 2.45) is 0 Å². The summed E-state index contributed by atoms with van der Waals surface area (Å²) in [6.07, 6.45) is 1.71. The molecule has 5 heteroatoms. The number of carbonyl (C=O) groups is 1. The van der Waals surface area contributed by atoms with Crippen LogP contribution in [0.3, 0.4) is 0 Å². The number of nitrogens with zero attached hydrogens (tertiary/aromatic N) is 2. The molecule has 1 amide bonds. The van der Waals surface area contributed by atoms with E-state index in [2.05, 4.69) is 29.5 Å². The molecule has 1 saturated heterocycles. The largest absolute Gasteiger partial charge is 0.367 e. The number of aromatic nitrogens is 1. The lowest BCUT2D eigenvalue weighted by molar-refractivity contribution is 0.0674. The molecule has 2 N–H and O–H groups in total. The molecular weight excluding hydrogens is 252 g/mol. The minimum atomic E-state index is 0.0569. The van der Waals surface area contributed by atoms with Crippen LogP contribution in [-0.2, 0) is 0 Å². The van der Waals surface area contributed by atoms with E-state index in [1.54, 1.807) is 6.20 Å². The first-order valence-electron chi connectivity index (χ1n) is 7.24. The van der Waals surface area contributed by atoms with Crippen molar-refractivity contribution in [3.05, 3.63) is 23.9 Å². The van der Waals surface area contributed by atoms with Crippen molar-refractivity contribution in [3.8, 4) is 0 Å². The number of amides is 1. The molecule has 0 bridgehead atoms. The molecule has 110 valence electrons. The van der Waals surface area contributed by atoms with Gasteiger partial charge >= 0.3 is 0 Å². The topological polar surface area (TPSA) is 57.3 Å². The molecule has 0 spiro atoms. The van der Waals surface area contributed by atoms with Gasteiger partial charge in [-0.15, -0.1) is 0 Å². The smallest absolute Gasteiger partial charge is 0.257 e. The molecule has 1 aromatic heterocycles. The highest BCUT2D eigenvalue weighted by molar-refractivity contribution is 5.98. The maximum atomic E-state index is 12.7. The first kappa shape index (κ1) is 14.8. The number of hydrogen-bond donors (Lipinski definition) is 2. The van der Waals surface area contributed by atoms with E-state index in [0.717, 1.165) is 13.1 Å². The van der Waals surface area contributed by atoms with Gasteiger partial charge < -0.3 is 15.5 Å². The van der Waals surface area contributed by atoms with Gasteiger partial charge in [-0.05, 0) is 39.8 Å². The van der Waals surface area contributed by atoms with Crippen LogP contribution in [0.5, 0.6) is 0 Å². The number of nitrogens with one attached hydrogen (secondary N) is 2. The summed E-state index contributed by atoms with van der Waals surface area (Å²) < 4.78 is 0. The average Bonchev–Trinajstić information content (AvgIpc) is 2.36. The monoisotopic (exact) mass is 276 g/mol. The molecule has 0 saturated carbocycles. The van der Waals surface area contributed by atoms with Crippen LogP contribution in [0.2, 0.25) is 0 Å². The maximum Gasteiger partial charge on any atom is 0.257 e. The van der Waals surface area contributed by atoms with Gasteiger partial charge in [0.1, 0.15) is 5.82 Å². The van der Waals surface area contributed by atoms with Crippen LogP contribution in [-0.4, -0.2) is 47.0 Å². The van der Waals surface area contributed by atoms with Gasteiger partial charge in [-0.1, -0.05) is 0 Å². The van der Waals surface area contributed by atoms with E-state index in [0.29, 0.717) is 23.5 Å². The lowest BCUT2D eigenvalue weighted by atomic mass is 10.1. The van der Waals surface area contributed by atoms with Crippen molar-refractivity contribution in [1.82, 2.24) is 15.2 Å². The number of rotatable bonds is 3. The standard InChI is InChI=1S/C15H24N4O/c1-10(2)17-14-13(6-5-7-16-14)15(20)19-8-11(3)18-12(4)9-19/h5-7,10-12,18H,8-9H2,1-4H3,(H,16,17)/t11-,12-/m0/s1. The Labute approximate surface area is 120 Å². The van der Waals surface area contributed by atoms with Crippen molar-refractivity contribution in [2.45, 2.75) is 45.8 Å². The summed E-state index contributed by atoms with van der Waals surface area (Å²) in [4.78, 5) is 18.9. The Morgan fingerprint density at radius 3 is 2.65 bits per heavy atom. The van der Waals surface area contributed by atoms with E-state index in [-0.39, 0.29) is 11.9 Å². The third-order valence-corrected chi connectivity index (χ3v) is 3.31. The first-order valence-corrected chi connectivity index (χ1v) is 7.24. The molecule has 5 nitrogen and oxygen atoms in total. The molecule has 20 heavy (non-hydrogen) atoms. The maximum absolute atomic E-state index is 12.7. The van der Waals surface area contributed by atoms with Gasteiger partial charge in [0.25, 0.3) is 5.91 Å². The fourth-order valence-corrected chi connectivity index (χ4v) is 2.63. The van der Waals surface area contributed by atoms with Crippen molar-refractivity contribution in [3.63, 3.8) is 0 Å². The van der Waals surface area contributed by atoms with Crippen LogP contribution in [0.1, 0.15) is 38.1 Å². The first-order chi connectivity index (χ1) is 9.47. The summed E-state index contributed by atoms with van der Waals surface area (Å²) in [7, 11) is 0. The minimum absolute atomic E-state index is 0.0569. The normalized spacial score (nSPS) is 22.9. The summed E-state index contributed by atoms with van der Waals surface area (Å²) in [5.41, 5.74) is 0.655. The zero-order chi connectivity index (χ0) is 14.7. The SMILES string of the molecule is CC(C)Nc1ncccc1C(=O)N1C[C@H](C)N[C@@H](C)C1. The van der Waals surface area contributed by atoms with Crippen LogP contribution in [0, 0.1) is 0 Å². The molecule has 0 radical (unpaired) electrons. The van der Waals surface area contributed by atoms with Crippen LogP contribution in [0.25, 0.3) is 0 Å². The summed E-state index contributed by atoms with van der Waals surface area (Å²) in [6, 6.07) is 4.55. The lowest BCUT2D eigenvalue weighted by Crippen LogP contribution is -2.55. The van der Waals surface area contributed by atoms with Crippen LogP contribution in [0.15, 0.2) is 18.3 Å². The second kappa shape index (κ2) is 6.22. The molecule has 2 rings (SSSR count). The van der Waals surface area contributed by atoms with E-state index < -0.39 is 0 Å². The van der Waals surface area contributed by atoms with E-state index in [9.17, 15) is 4.79 Å². The lowest BCUT2D eigenvalue weighted by Gasteiger charge is -2.36. The number of anilines is 1. The Kier molecular flexibility index (Phi) is 4.60. The highest BCUT2D eigenvalue weighted by atomic mass is 16.2. The second-order valence-electron chi connectivity index (χ2n) is 5.88. The molecular formula is C15H24N4O. The van der Waals surface area contributed by atoms with E-state index in [1.165, 1.54) is 0 Å². The van der Waals surface area contributed by atoms with Gasteiger partial charge in [0.05, 0.1) is 5.56 Å². The summed E-state index contributed by atoms with van der Waals surface area (Å²) in [5, 5.41) is 6.68. The van der Waals surface area contributed by atoms with E-state index >= 15 is 0 Å². The van der Waals surface area contributed by atoms with Gasteiger partial charge in [0.2, 0.25) is 0 Å². The van der Waals surface area contributed by atoms with Gasteiger partial charge in [-0.25, -0.2) is 4.98 Å². The predicted molar refractivity (Wildman–Crippen MR) is 81.0 cm³/mol. The molecule has 2 atom stereocenters. The summed E-state index contributed by atoms with van der Waals surface area (Å²) >= 11 is 0. The fourth-order valence-electron chi connectivity index (χ4n) is 2.63. The van der Waals surface area contributed by atoms with Crippen molar-refractivity contribution in [2.75, 3.05) is 18.4 Å². The van der Waals surface area contributed by atoms with Gasteiger partial charge in [0.15, 0.2) is 0 Å². The molecule has 1 aromatic rings. The zero-order valence-corrected chi connectivity index (χ0v) is 12.7. The Balaban J connectivity index is 2.20. The molecule has 0 aromatic carbocycles. The molecule has 1 aliphatic rings. The number of piperazine rings is 1. The third-order valence-electron chi connectivity index (χ3n) is 3.31. The zero-order valence-electron chi connectivity index (χ0n) is 12.7. The molecule has 0 aliphatic carbocycles. The van der Waals surface area contributed by atoms with Crippen LogP contribution in [0.4, 0.5) is 5.82 Å². The minimum Gasteiger partial charge on any atom is -0.367 e. The average molecular weight is 276 g/mol. The Morgan fingerprint density at radius 2 is 2.05 bits per heavy atom. The Hall–Kier alpha value is -1.62. The highest BCUT2D eigenvalue weighted by Gasteiger charge is 2.27. The Bertz CT molecular complexity index is 465. The van der Waals surface area contributed by atoms with Gasteiger partial charge in [0, 0.05) is 37.4 Å². The van der Waals surface area contributed by atoms with Crippen molar-refractivity contribution >= 4 is 11.7 Å². The van der Waals surface area contributed by atoms with Crippen LogP contribution >= 0.6 is 0 Å². The van der Waals surface area contributed by atoms with Crippen molar-refractivity contribution in [1.29, 1.82) is 0 Å². The molecule has 1 fully saturated rings. The number of pyridine rings is 1. The molecule has 2 heterocycles. The van der Waals surface area contributed by atoms with Crippen LogP contribution < -0.4 is 10.6 Å². The summed E-state index contributed by atoms with van der Waals surface area (Å²) in [5.74, 6) is 0.729. The fraction of sp³-hybridized carbons (Fsp3) is 0.600. The van der Waals surface area contributed by atoms with Crippen molar-refractivity contribution < 1.29 is 4.79 Å². The van der Waals surface area contributed by atoms with E-state index in [1.807, 2.05) is 30.9 Å². The number of carbonyl (C=O) groups excluding carboxylic acids is 1. The third kappa shape index (κ3) is 3.48. The Morgan fingerprint density at radius 1 is 1.40 bits per heavy atom. The van der Waals surface area contributed by atoms with E-state index in [4.69, 9.17) is 0 Å². The second-order valence-corrected chi connectivity index (χ2v) is 5.88. The number of hydrogen-bond acceptors (Lipinski definition) is 4.